The first-order valence-electron chi connectivity index (χ1n) is 6.72. The second-order valence-electron chi connectivity index (χ2n) is 5.59. The SMILES string of the molecule is CNc1cccnc1S(=O)(=O)N1CC(CO)OC(C)(C)C1. The molecule has 1 atom stereocenters. The summed E-state index contributed by atoms with van der Waals surface area (Å²) in [4.78, 5) is 4.00. The summed E-state index contributed by atoms with van der Waals surface area (Å²) < 4.78 is 32.6. The van der Waals surface area contributed by atoms with Gasteiger partial charge in [-0.05, 0) is 26.0 Å². The summed E-state index contributed by atoms with van der Waals surface area (Å²) in [5.74, 6) is 0. The Morgan fingerprint density at radius 1 is 1.57 bits per heavy atom. The zero-order valence-corrected chi connectivity index (χ0v) is 13.2. The van der Waals surface area contributed by atoms with E-state index in [0.717, 1.165) is 0 Å². The van der Waals surface area contributed by atoms with Gasteiger partial charge in [-0.1, -0.05) is 0 Å². The summed E-state index contributed by atoms with van der Waals surface area (Å²) in [6.45, 7) is 3.70. The molecule has 0 bridgehead atoms. The molecular formula is C13H21N3O4S. The molecule has 7 nitrogen and oxygen atoms in total. The molecule has 2 heterocycles. The van der Waals surface area contributed by atoms with E-state index in [1.54, 1.807) is 33.0 Å². The first kappa shape index (κ1) is 16.2. The largest absolute Gasteiger partial charge is 0.394 e. The fourth-order valence-electron chi connectivity index (χ4n) is 2.43. The number of nitrogens with zero attached hydrogens (tertiary/aromatic N) is 2. The van der Waals surface area contributed by atoms with Crippen LogP contribution in [0.25, 0.3) is 0 Å². The van der Waals surface area contributed by atoms with Crippen molar-refractivity contribution >= 4 is 15.7 Å². The third-order valence-corrected chi connectivity index (χ3v) is 5.05. The first-order valence-corrected chi connectivity index (χ1v) is 8.16. The number of aromatic nitrogens is 1. The number of rotatable bonds is 4. The average molecular weight is 315 g/mol. The van der Waals surface area contributed by atoms with Gasteiger partial charge in [0, 0.05) is 26.3 Å². The Morgan fingerprint density at radius 3 is 2.90 bits per heavy atom. The van der Waals surface area contributed by atoms with Gasteiger partial charge < -0.3 is 15.2 Å². The Kier molecular flexibility index (Phi) is 4.52. The van der Waals surface area contributed by atoms with E-state index in [9.17, 15) is 13.5 Å². The van der Waals surface area contributed by atoms with Crippen molar-refractivity contribution < 1.29 is 18.3 Å². The molecule has 1 aromatic rings. The third kappa shape index (κ3) is 3.34. The molecule has 0 saturated carbocycles. The molecule has 118 valence electrons. The summed E-state index contributed by atoms with van der Waals surface area (Å²) in [5, 5.41) is 12.1. The molecule has 1 aliphatic heterocycles. The summed E-state index contributed by atoms with van der Waals surface area (Å²) in [6, 6.07) is 3.33. The van der Waals surface area contributed by atoms with Crippen molar-refractivity contribution in [3.05, 3.63) is 18.3 Å². The van der Waals surface area contributed by atoms with Gasteiger partial charge in [0.25, 0.3) is 10.0 Å². The Balaban J connectivity index is 2.39. The molecule has 1 aromatic heterocycles. The highest BCUT2D eigenvalue weighted by Gasteiger charge is 2.40. The molecule has 1 saturated heterocycles. The number of hydrogen-bond acceptors (Lipinski definition) is 6. The molecule has 1 fully saturated rings. The van der Waals surface area contributed by atoms with Crippen LogP contribution in [0.5, 0.6) is 0 Å². The molecule has 2 rings (SSSR count). The van der Waals surface area contributed by atoms with Crippen molar-refractivity contribution in [1.82, 2.24) is 9.29 Å². The van der Waals surface area contributed by atoms with Crippen LogP contribution in [-0.2, 0) is 14.8 Å². The first-order chi connectivity index (χ1) is 9.80. The van der Waals surface area contributed by atoms with Gasteiger partial charge in [-0.3, -0.25) is 0 Å². The maximum atomic E-state index is 12.8. The molecule has 0 aromatic carbocycles. The molecule has 0 amide bonds. The minimum atomic E-state index is -3.75. The van der Waals surface area contributed by atoms with Gasteiger partial charge in [-0.15, -0.1) is 0 Å². The van der Waals surface area contributed by atoms with E-state index in [2.05, 4.69) is 10.3 Å². The molecule has 1 unspecified atom stereocenters. The average Bonchev–Trinajstić information content (AvgIpc) is 2.45. The normalized spacial score (nSPS) is 23.0. The van der Waals surface area contributed by atoms with Crippen LogP contribution in [-0.4, -0.2) is 61.3 Å². The number of morpholine rings is 1. The molecule has 21 heavy (non-hydrogen) atoms. The van der Waals surface area contributed by atoms with Crippen molar-refractivity contribution in [1.29, 1.82) is 0 Å². The highest BCUT2D eigenvalue weighted by molar-refractivity contribution is 7.89. The Bertz CT molecular complexity index is 603. The Morgan fingerprint density at radius 2 is 2.29 bits per heavy atom. The Labute approximate surface area is 125 Å². The summed E-state index contributed by atoms with van der Waals surface area (Å²) in [7, 11) is -2.10. The number of ether oxygens (including phenoxy) is 1. The quantitative estimate of drug-likeness (QED) is 0.829. The summed E-state index contributed by atoms with van der Waals surface area (Å²) >= 11 is 0. The van der Waals surface area contributed by atoms with E-state index in [4.69, 9.17) is 4.74 Å². The molecular weight excluding hydrogens is 294 g/mol. The maximum Gasteiger partial charge on any atom is 0.262 e. The molecule has 2 N–H and O–H groups in total. The number of pyridine rings is 1. The van der Waals surface area contributed by atoms with Gasteiger partial charge >= 0.3 is 0 Å². The van der Waals surface area contributed by atoms with Gasteiger partial charge in [0.05, 0.1) is 24.0 Å². The lowest BCUT2D eigenvalue weighted by Gasteiger charge is -2.41. The summed E-state index contributed by atoms with van der Waals surface area (Å²) in [6.07, 6.45) is 0.910. The Hall–Kier alpha value is -1.22. The topological polar surface area (TPSA) is 91.8 Å². The fourth-order valence-corrected chi connectivity index (χ4v) is 4.16. The number of nitrogens with one attached hydrogen (secondary N) is 1. The van der Waals surface area contributed by atoms with Gasteiger partial charge in [0.2, 0.25) is 0 Å². The molecule has 8 heteroatoms. The van der Waals surface area contributed by atoms with Crippen LogP contribution >= 0.6 is 0 Å². The number of aliphatic hydroxyl groups excluding tert-OH is 1. The molecule has 0 radical (unpaired) electrons. The standard InChI is InChI=1S/C13H21N3O4S/c1-13(2)9-16(7-10(8-17)20-13)21(18,19)12-11(14-3)5-4-6-15-12/h4-6,10,14,17H,7-9H2,1-3H3. The fraction of sp³-hybridized carbons (Fsp3) is 0.615. The van der Waals surface area contributed by atoms with Crippen molar-refractivity contribution in [2.75, 3.05) is 32.1 Å². The predicted octanol–water partition coefficient (Wildman–Crippen LogP) is 0.284. The van der Waals surface area contributed by atoms with E-state index >= 15 is 0 Å². The number of hydrogen-bond donors (Lipinski definition) is 2. The van der Waals surface area contributed by atoms with Crippen LogP contribution in [0.2, 0.25) is 0 Å². The van der Waals surface area contributed by atoms with Crippen LogP contribution in [0, 0.1) is 0 Å². The van der Waals surface area contributed by atoms with Crippen LogP contribution in [0.15, 0.2) is 23.4 Å². The number of aliphatic hydroxyl groups is 1. The molecule has 0 spiro atoms. The van der Waals surface area contributed by atoms with Gasteiger partial charge in [-0.2, -0.15) is 4.31 Å². The van der Waals surface area contributed by atoms with Gasteiger partial charge in [0.1, 0.15) is 0 Å². The van der Waals surface area contributed by atoms with Crippen molar-refractivity contribution in [2.45, 2.75) is 30.6 Å². The van der Waals surface area contributed by atoms with Crippen molar-refractivity contribution in [2.24, 2.45) is 0 Å². The molecule has 0 aliphatic carbocycles. The number of sulfonamides is 1. The zero-order chi connectivity index (χ0) is 15.7. The van der Waals surface area contributed by atoms with E-state index in [-0.39, 0.29) is 24.7 Å². The summed E-state index contributed by atoms with van der Waals surface area (Å²) in [5.41, 5.74) is -0.213. The second-order valence-corrected chi connectivity index (χ2v) is 7.44. The second kappa shape index (κ2) is 5.88. The van der Waals surface area contributed by atoms with Gasteiger partial charge in [0.15, 0.2) is 5.03 Å². The van der Waals surface area contributed by atoms with Crippen LogP contribution in [0.3, 0.4) is 0 Å². The third-order valence-electron chi connectivity index (χ3n) is 3.28. The van der Waals surface area contributed by atoms with Crippen LogP contribution in [0.1, 0.15) is 13.8 Å². The van der Waals surface area contributed by atoms with E-state index < -0.39 is 21.7 Å². The van der Waals surface area contributed by atoms with Gasteiger partial charge in [-0.25, -0.2) is 13.4 Å². The lowest BCUT2D eigenvalue weighted by Crippen LogP contribution is -2.55. The van der Waals surface area contributed by atoms with Crippen molar-refractivity contribution in [3.8, 4) is 0 Å². The molecule has 1 aliphatic rings. The number of anilines is 1. The minimum absolute atomic E-state index is 0.0121. The van der Waals surface area contributed by atoms with E-state index in [1.165, 1.54) is 10.5 Å². The van der Waals surface area contributed by atoms with E-state index in [1.807, 2.05) is 0 Å². The predicted molar refractivity (Wildman–Crippen MR) is 78.6 cm³/mol. The van der Waals surface area contributed by atoms with Crippen LogP contribution < -0.4 is 5.32 Å². The van der Waals surface area contributed by atoms with Crippen LogP contribution in [0.4, 0.5) is 5.69 Å². The highest BCUT2D eigenvalue weighted by atomic mass is 32.2. The maximum absolute atomic E-state index is 12.8. The monoisotopic (exact) mass is 315 g/mol. The zero-order valence-electron chi connectivity index (χ0n) is 12.4. The smallest absolute Gasteiger partial charge is 0.262 e. The minimum Gasteiger partial charge on any atom is -0.394 e. The lowest BCUT2D eigenvalue weighted by atomic mass is 10.1. The van der Waals surface area contributed by atoms with Crippen molar-refractivity contribution in [3.63, 3.8) is 0 Å². The van der Waals surface area contributed by atoms with E-state index in [0.29, 0.717) is 5.69 Å². The lowest BCUT2D eigenvalue weighted by molar-refractivity contribution is -0.131. The highest BCUT2D eigenvalue weighted by Crippen LogP contribution is 2.28.